The molecule has 2 fully saturated rings. The molecule has 178 valence electrons. The van der Waals surface area contributed by atoms with Crippen LogP contribution < -0.4 is 15.4 Å². The molecule has 34 heavy (non-hydrogen) atoms. The molecule has 9 heteroatoms. The van der Waals surface area contributed by atoms with Gasteiger partial charge in [-0.25, -0.2) is 9.97 Å². The molecule has 2 aromatic heterocycles. The molecule has 0 bridgehead atoms. The lowest BCUT2D eigenvalue weighted by Gasteiger charge is -2.40. The van der Waals surface area contributed by atoms with Crippen molar-refractivity contribution in [3.8, 4) is 0 Å². The number of aromatic nitrogens is 3. The van der Waals surface area contributed by atoms with E-state index in [2.05, 4.69) is 21.8 Å². The van der Waals surface area contributed by atoms with Crippen LogP contribution in [-0.4, -0.2) is 64.6 Å². The molecule has 0 saturated carbocycles. The number of nitrogens with zero attached hydrogens (tertiary/aromatic N) is 6. The first-order chi connectivity index (χ1) is 16.4. The van der Waals surface area contributed by atoms with Gasteiger partial charge in [0.2, 0.25) is 5.91 Å². The molecule has 1 aromatic carbocycles. The molecule has 2 aliphatic rings. The van der Waals surface area contributed by atoms with E-state index in [0.29, 0.717) is 36.6 Å². The van der Waals surface area contributed by atoms with Crippen molar-refractivity contribution in [1.29, 1.82) is 0 Å². The molecule has 1 amide bonds. The number of amides is 1. The van der Waals surface area contributed by atoms with Crippen LogP contribution in [0.3, 0.4) is 0 Å². The first kappa shape index (κ1) is 22.7. The Morgan fingerprint density at radius 1 is 1.09 bits per heavy atom. The van der Waals surface area contributed by atoms with Gasteiger partial charge in [-0.3, -0.25) is 14.2 Å². The Morgan fingerprint density at radius 3 is 2.68 bits per heavy atom. The lowest BCUT2D eigenvalue weighted by atomic mass is 9.96. The second kappa shape index (κ2) is 9.25. The zero-order valence-electron chi connectivity index (χ0n) is 19.6. The Kier molecular flexibility index (Phi) is 6.16. The van der Waals surface area contributed by atoms with Gasteiger partial charge in [0.05, 0.1) is 5.92 Å². The monoisotopic (exact) mass is 480 g/mol. The predicted octanol–water partition coefficient (Wildman–Crippen LogP) is 2.86. The van der Waals surface area contributed by atoms with E-state index in [9.17, 15) is 9.59 Å². The minimum atomic E-state index is -0.176. The van der Waals surface area contributed by atoms with Crippen LogP contribution in [-0.2, 0) is 11.8 Å². The summed E-state index contributed by atoms with van der Waals surface area (Å²) < 4.78 is 1.54. The van der Waals surface area contributed by atoms with Crippen LogP contribution in [0.15, 0.2) is 41.3 Å². The van der Waals surface area contributed by atoms with Gasteiger partial charge >= 0.3 is 0 Å². The normalized spacial score (nSPS) is 19.0. The zero-order valence-corrected chi connectivity index (χ0v) is 20.3. The maximum Gasteiger partial charge on any atom is 0.294 e. The van der Waals surface area contributed by atoms with E-state index in [4.69, 9.17) is 11.6 Å². The molecule has 0 N–H and O–H groups in total. The van der Waals surface area contributed by atoms with E-state index >= 15 is 0 Å². The van der Waals surface area contributed by atoms with Crippen molar-refractivity contribution < 1.29 is 4.79 Å². The highest BCUT2D eigenvalue weighted by molar-refractivity contribution is 6.30. The van der Waals surface area contributed by atoms with E-state index in [0.717, 1.165) is 43.2 Å². The number of piperidine rings is 1. The van der Waals surface area contributed by atoms with E-state index in [1.807, 2.05) is 40.1 Å². The SMILES string of the molecule is Cc1ccc(Cl)cc1N1CCN(C(=O)[C@H]2CCCN(c3nc4cccnc4n(C)c3=O)C2)CC1. The summed E-state index contributed by atoms with van der Waals surface area (Å²) in [5.74, 6) is 0.442. The highest BCUT2D eigenvalue weighted by Gasteiger charge is 2.32. The number of halogens is 1. The van der Waals surface area contributed by atoms with Crippen LogP contribution in [0.5, 0.6) is 0 Å². The van der Waals surface area contributed by atoms with Crippen LogP contribution in [0.4, 0.5) is 11.5 Å². The quantitative estimate of drug-likeness (QED) is 0.574. The number of carbonyl (C=O) groups excluding carboxylic acids is 1. The van der Waals surface area contributed by atoms with Crippen molar-refractivity contribution in [2.45, 2.75) is 19.8 Å². The smallest absolute Gasteiger partial charge is 0.294 e. The summed E-state index contributed by atoms with van der Waals surface area (Å²) in [4.78, 5) is 41.5. The highest BCUT2D eigenvalue weighted by Crippen LogP contribution is 2.27. The summed E-state index contributed by atoms with van der Waals surface area (Å²) in [6.07, 6.45) is 3.35. The number of anilines is 2. The molecule has 2 saturated heterocycles. The fourth-order valence-electron chi connectivity index (χ4n) is 5.07. The molecular weight excluding hydrogens is 452 g/mol. The fourth-order valence-corrected chi connectivity index (χ4v) is 5.23. The summed E-state index contributed by atoms with van der Waals surface area (Å²) in [5, 5.41) is 0.727. The van der Waals surface area contributed by atoms with Crippen LogP contribution in [0.25, 0.3) is 11.2 Å². The molecule has 0 aliphatic carbocycles. The summed E-state index contributed by atoms with van der Waals surface area (Å²) in [5.41, 5.74) is 3.39. The standard InChI is InChI=1S/C25H29ClN6O2/c1-17-7-8-19(26)15-21(17)30-11-13-31(14-12-30)24(33)18-5-4-10-32(16-18)23-25(34)29(2)22-20(28-23)6-3-9-27-22/h3,6-9,15,18H,4-5,10-14,16H2,1-2H3/t18-/m0/s1. The average molecular weight is 481 g/mol. The molecule has 2 aliphatic heterocycles. The van der Waals surface area contributed by atoms with Gasteiger partial charge in [-0.05, 0) is 49.6 Å². The van der Waals surface area contributed by atoms with Crippen molar-refractivity contribution in [2.24, 2.45) is 13.0 Å². The maximum absolute atomic E-state index is 13.4. The largest absolute Gasteiger partial charge is 0.368 e. The Labute approximate surface area is 203 Å². The Hall–Kier alpha value is -3.13. The molecule has 1 atom stereocenters. The van der Waals surface area contributed by atoms with Crippen LogP contribution in [0.2, 0.25) is 5.02 Å². The number of hydrogen-bond donors (Lipinski definition) is 0. The van der Waals surface area contributed by atoms with Gasteiger partial charge in [0, 0.05) is 63.2 Å². The number of hydrogen-bond acceptors (Lipinski definition) is 6. The molecule has 5 rings (SSSR count). The van der Waals surface area contributed by atoms with Gasteiger partial charge in [0.15, 0.2) is 11.5 Å². The first-order valence-corrected chi connectivity index (χ1v) is 12.2. The van der Waals surface area contributed by atoms with E-state index in [1.165, 1.54) is 5.56 Å². The Balaban J connectivity index is 1.28. The number of piperazine rings is 1. The lowest BCUT2D eigenvalue weighted by molar-refractivity contribution is -0.136. The number of pyridine rings is 1. The van der Waals surface area contributed by atoms with Gasteiger partial charge in [0.25, 0.3) is 5.56 Å². The number of aryl methyl sites for hydroxylation is 2. The van der Waals surface area contributed by atoms with Gasteiger partial charge in [-0.1, -0.05) is 17.7 Å². The number of rotatable bonds is 3. The van der Waals surface area contributed by atoms with Crippen LogP contribution in [0.1, 0.15) is 18.4 Å². The highest BCUT2D eigenvalue weighted by atomic mass is 35.5. The summed E-state index contributed by atoms with van der Waals surface area (Å²) in [7, 11) is 1.72. The summed E-state index contributed by atoms with van der Waals surface area (Å²) in [6, 6.07) is 9.62. The second-order valence-corrected chi connectivity index (χ2v) is 9.61. The van der Waals surface area contributed by atoms with Crippen molar-refractivity contribution in [2.75, 3.05) is 49.1 Å². The Morgan fingerprint density at radius 2 is 1.88 bits per heavy atom. The van der Waals surface area contributed by atoms with Crippen molar-refractivity contribution in [3.63, 3.8) is 0 Å². The van der Waals surface area contributed by atoms with Crippen LogP contribution >= 0.6 is 11.6 Å². The van der Waals surface area contributed by atoms with Crippen molar-refractivity contribution in [1.82, 2.24) is 19.4 Å². The van der Waals surface area contributed by atoms with Crippen molar-refractivity contribution >= 4 is 40.2 Å². The van der Waals surface area contributed by atoms with Crippen molar-refractivity contribution in [3.05, 3.63) is 57.5 Å². The maximum atomic E-state index is 13.4. The topological polar surface area (TPSA) is 74.6 Å². The molecule has 0 spiro atoms. The molecule has 3 aromatic rings. The van der Waals surface area contributed by atoms with E-state index in [-0.39, 0.29) is 17.4 Å². The summed E-state index contributed by atoms with van der Waals surface area (Å²) in [6.45, 7) is 6.25. The van der Waals surface area contributed by atoms with Gasteiger partial charge in [0.1, 0.15) is 5.52 Å². The first-order valence-electron chi connectivity index (χ1n) is 11.8. The third kappa shape index (κ3) is 4.22. The van der Waals surface area contributed by atoms with Gasteiger partial charge in [-0.15, -0.1) is 0 Å². The molecular formula is C25H29ClN6O2. The lowest BCUT2D eigenvalue weighted by Crippen LogP contribution is -2.53. The number of carbonyl (C=O) groups is 1. The molecule has 8 nitrogen and oxygen atoms in total. The number of fused-ring (bicyclic) bond motifs is 1. The number of benzene rings is 1. The third-order valence-electron chi connectivity index (χ3n) is 6.98. The Bertz CT molecular complexity index is 1280. The zero-order chi connectivity index (χ0) is 23.8. The molecule has 0 unspecified atom stereocenters. The third-order valence-corrected chi connectivity index (χ3v) is 7.21. The molecule has 4 heterocycles. The second-order valence-electron chi connectivity index (χ2n) is 9.17. The van der Waals surface area contributed by atoms with Gasteiger partial charge in [-0.2, -0.15) is 0 Å². The van der Waals surface area contributed by atoms with Crippen LogP contribution in [0, 0.1) is 12.8 Å². The van der Waals surface area contributed by atoms with Gasteiger partial charge < -0.3 is 14.7 Å². The predicted molar refractivity (Wildman–Crippen MR) is 135 cm³/mol. The van der Waals surface area contributed by atoms with E-state index in [1.54, 1.807) is 17.8 Å². The minimum Gasteiger partial charge on any atom is -0.368 e. The fraction of sp³-hybridized carbons (Fsp3) is 0.440. The van der Waals surface area contributed by atoms with E-state index < -0.39 is 0 Å². The summed E-state index contributed by atoms with van der Waals surface area (Å²) >= 11 is 6.21. The minimum absolute atomic E-state index is 0.135. The average Bonchev–Trinajstić information content (AvgIpc) is 2.87. The molecule has 0 radical (unpaired) electrons.